The molecule has 0 saturated carbocycles. The Balaban J connectivity index is 2.15. The van der Waals surface area contributed by atoms with Gasteiger partial charge in [0.05, 0.1) is 11.4 Å². The molecule has 0 atom stereocenters. The average molecular weight is 293 g/mol. The van der Waals surface area contributed by atoms with Crippen LogP contribution >= 0.6 is 0 Å². The number of nitrogens with one attached hydrogen (secondary N) is 2. The van der Waals surface area contributed by atoms with Gasteiger partial charge in [-0.05, 0) is 12.1 Å². The summed E-state index contributed by atoms with van der Waals surface area (Å²) < 4.78 is 26.8. The molecule has 0 amide bonds. The summed E-state index contributed by atoms with van der Waals surface area (Å²) in [5, 5.41) is 4.86. The first-order chi connectivity index (χ1) is 9.48. The van der Waals surface area contributed by atoms with E-state index in [9.17, 15) is 8.42 Å². The Morgan fingerprint density at radius 2 is 2.05 bits per heavy atom. The Labute approximate surface area is 119 Å². The Morgan fingerprint density at radius 3 is 2.80 bits per heavy atom. The van der Waals surface area contributed by atoms with E-state index in [0.717, 1.165) is 10.8 Å². The Hall–Kier alpha value is -1.66. The zero-order valence-corrected chi connectivity index (χ0v) is 12.4. The fraction of sp³-hybridized carbons (Fsp3) is 0.357. The van der Waals surface area contributed by atoms with Gasteiger partial charge in [0.1, 0.15) is 0 Å². The second kappa shape index (κ2) is 6.19. The molecule has 0 spiro atoms. The van der Waals surface area contributed by atoms with Crippen LogP contribution in [0.25, 0.3) is 10.8 Å². The summed E-state index contributed by atoms with van der Waals surface area (Å²) in [6.45, 7) is 4.40. The van der Waals surface area contributed by atoms with Crippen molar-refractivity contribution in [2.24, 2.45) is 0 Å². The van der Waals surface area contributed by atoms with Crippen LogP contribution in [0.15, 0.2) is 36.7 Å². The predicted octanol–water partition coefficient (Wildman–Crippen LogP) is 1.97. The third-order valence-corrected chi connectivity index (χ3v) is 4.14. The maximum absolute atomic E-state index is 12.1. The number of sulfonamides is 1. The van der Waals surface area contributed by atoms with E-state index < -0.39 is 10.0 Å². The standard InChI is InChI=1S/C14H19N3O2S/c1-11(2)16-8-9-20(18,19)17-14-5-3-4-12-10-15-7-6-13(12)14/h3-7,10-11,16-17H,8-9H2,1-2H3. The third-order valence-electron chi connectivity index (χ3n) is 2.87. The van der Waals surface area contributed by atoms with Crippen molar-refractivity contribution in [3.05, 3.63) is 36.7 Å². The number of aromatic nitrogens is 1. The van der Waals surface area contributed by atoms with Gasteiger partial charge >= 0.3 is 0 Å². The number of hydrogen-bond acceptors (Lipinski definition) is 4. The monoisotopic (exact) mass is 293 g/mol. The number of anilines is 1. The summed E-state index contributed by atoms with van der Waals surface area (Å²) in [5.41, 5.74) is 0.592. The largest absolute Gasteiger partial charge is 0.313 e. The quantitative estimate of drug-likeness (QED) is 0.854. The Kier molecular flexibility index (Phi) is 4.57. The number of rotatable bonds is 6. The van der Waals surface area contributed by atoms with Crippen LogP contribution in [-0.2, 0) is 10.0 Å². The molecule has 1 aromatic carbocycles. The molecule has 2 rings (SSSR count). The molecule has 0 aliphatic carbocycles. The highest BCUT2D eigenvalue weighted by Crippen LogP contribution is 2.23. The molecule has 2 N–H and O–H groups in total. The minimum absolute atomic E-state index is 0.0483. The van der Waals surface area contributed by atoms with E-state index in [1.807, 2.05) is 26.0 Å². The van der Waals surface area contributed by atoms with E-state index in [2.05, 4.69) is 15.0 Å². The van der Waals surface area contributed by atoms with Crippen LogP contribution in [0.4, 0.5) is 5.69 Å². The second-order valence-corrected chi connectivity index (χ2v) is 6.77. The lowest BCUT2D eigenvalue weighted by atomic mass is 10.1. The highest BCUT2D eigenvalue weighted by molar-refractivity contribution is 7.92. The minimum Gasteiger partial charge on any atom is -0.313 e. The van der Waals surface area contributed by atoms with Crippen molar-refractivity contribution in [3.63, 3.8) is 0 Å². The summed E-state index contributed by atoms with van der Waals surface area (Å²) in [7, 11) is -3.35. The van der Waals surface area contributed by atoms with Gasteiger partial charge in [0, 0.05) is 35.8 Å². The number of hydrogen-bond donors (Lipinski definition) is 2. The molecule has 0 fully saturated rings. The zero-order valence-electron chi connectivity index (χ0n) is 11.6. The van der Waals surface area contributed by atoms with Crippen LogP contribution in [0.3, 0.4) is 0 Å². The van der Waals surface area contributed by atoms with Gasteiger partial charge in [0.25, 0.3) is 0 Å². The van der Waals surface area contributed by atoms with Crippen LogP contribution in [0.1, 0.15) is 13.8 Å². The van der Waals surface area contributed by atoms with E-state index in [0.29, 0.717) is 12.2 Å². The van der Waals surface area contributed by atoms with Crippen molar-refractivity contribution in [2.45, 2.75) is 19.9 Å². The van der Waals surface area contributed by atoms with Crippen LogP contribution < -0.4 is 10.0 Å². The molecule has 6 heteroatoms. The molecule has 108 valence electrons. The van der Waals surface area contributed by atoms with Gasteiger partial charge in [-0.1, -0.05) is 26.0 Å². The first kappa shape index (κ1) is 14.7. The van der Waals surface area contributed by atoms with Crippen molar-refractivity contribution in [3.8, 4) is 0 Å². The molecule has 0 unspecified atom stereocenters. The topological polar surface area (TPSA) is 71.1 Å². The molecule has 0 saturated heterocycles. The van der Waals surface area contributed by atoms with Crippen LogP contribution in [0.2, 0.25) is 0 Å². The maximum Gasteiger partial charge on any atom is 0.233 e. The zero-order chi connectivity index (χ0) is 14.6. The number of fused-ring (bicyclic) bond motifs is 1. The first-order valence-electron chi connectivity index (χ1n) is 6.54. The average Bonchev–Trinajstić information content (AvgIpc) is 2.38. The highest BCUT2D eigenvalue weighted by Gasteiger charge is 2.12. The van der Waals surface area contributed by atoms with Gasteiger partial charge in [-0.15, -0.1) is 0 Å². The minimum atomic E-state index is -3.35. The van der Waals surface area contributed by atoms with Crippen molar-refractivity contribution < 1.29 is 8.42 Å². The van der Waals surface area contributed by atoms with E-state index in [1.54, 1.807) is 24.5 Å². The molecular formula is C14H19N3O2S. The van der Waals surface area contributed by atoms with Gasteiger partial charge in [-0.25, -0.2) is 8.42 Å². The van der Waals surface area contributed by atoms with Crippen LogP contribution in [0, 0.1) is 0 Å². The van der Waals surface area contributed by atoms with E-state index in [-0.39, 0.29) is 11.8 Å². The molecule has 2 aromatic rings. The SMILES string of the molecule is CC(C)NCCS(=O)(=O)Nc1cccc2cnccc12. The lowest BCUT2D eigenvalue weighted by Crippen LogP contribution is -2.30. The van der Waals surface area contributed by atoms with Gasteiger partial charge in [0.2, 0.25) is 10.0 Å². The van der Waals surface area contributed by atoms with Crippen LogP contribution in [-0.4, -0.2) is 31.7 Å². The summed E-state index contributed by atoms with van der Waals surface area (Å²) in [6.07, 6.45) is 3.37. The lowest BCUT2D eigenvalue weighted by Gasteiger charge is -2.12. The highest BCUT2D eigenvalue weighted by atomic mass is 32.2. The first-order valence-corrected chi connectivity index (χ1v) is 8.20. The van der Waals surface area contributed by atoms with Crippen molar-refractivity contribution in [1.29, 1.82) is 0 Å². The van der Waals surface area contributed by atoms with Crippen molar-refractivity contribution >= 4 is 26.5 Å². The fourth-order valence-electron chi connectivity index (χ4n) is 1.91. The Bertz CT molecular complexity index is 678. The third kappa shape index (κ3) is 3.91. The van der Waals surface area contributed by atoms with Gasteiger partial charge in [-0.2, -0.15) is 0 Å². The number of benzene rings is 1. The molecule has 0 aliphatic heterocycles. The molecule has 1 aromatic heterocycles. The smallest absolute Gasteiger partial charge is 0.233 e. The number of pyridine rings is 1. The van der Waals surface area contributed by atoms with E-state index >= 15 is 0 Å². The molecule has 0 radical (unpaired) electrons. The Morgan fingerprint density at radius 1 is 1.25 bits per heavy atom. The van der Waals surface area contributed by atoms with Gasteiger partial charge in [-0.3, -0.25) is 9.71 Å². The number of nitrogens with zero attached hydrogens (tertiary/aromatic N) is 1. The molecule has 0 bridgehead atoms. The maximum atomic E-state index is 12.1. The summed E-state index contributed by atoms with van der Waals surface area (Å²) in [4.78, 5) is 4.03. The van der Waals surface area contributed by atoms with Gasteiger partial charge in [0.15, 0.2) is 0 Å². The lowest BCUT2D eigenvalue weighted by molar-refractivity contribution is 0.582. The fourth-order valence-corrected chi connectivity index (χ4v) is 2.91. The molecule has 0 aliphatic rings. The predicted molar refractivity (Wildman–Crippen MR) is 82.3 cm³/mol. The van der Waals surface area contributed by atoms with Gasteiger partial charge < -0.3 is 5.32 Å². The summed E-state index contributed by atoms with van der Waals surface area (Å²) in [6, 6.07) is 7.55. The van der Waals surface area contributed by atoms with E-state index in [4.69, 9.17) is 0 Å². The molecule has 1 heterocycles. The second-order valence-electron chi connectivity index (χ2n) is 4.93. The van der Waals surface area contributed by atoms with E-state index in [1.165, 1.54) is 0 Å². The van der Waals surface area contributed by atoms with Crippen LogP contribution in [0.5, 0.6) is 0 Å². The molecule has 5 nitrogen and oxygen atoms in total. The normalized spacial score (nSPS) is 11.9. The van der Waals surface area contributed by atoms with Crippen molar-refractivity contribution in [1.82, 2.24) is 10.3 Å². The molecule has 20 heavy (non-hydrogen) atoms. The summed E-state index contributed by atoms with van der Waals surface area (Å²) >= 11 is 0. The summed E-state index contributed by atoms with van der Waals surface area (Å²) in [5.74, 6) is 0.0483. The van der Waals surface area contributed by atoms with Crippen molar-refractivity contribution in [2.75, 3.05) is 17.0 Å². The molecular weight excluding hydrogens is 274 g/mol.